The summed E-state index contributed by atoms with van der Waals surface area (Å²) < 4.78 is 5.59. The van der Waals surface area contributed by atoms with Gasteiger partial charge in [-0.15, -0.1) is 11.3 Å². The van der Waals surface area contributed by atoms with Crippen LogP contribution in [0.3, 0.4) is 0 Å². The van der Waals surface area contributed by atoms with Crippen molar-refractivity contribution in [3.63, 3.8) is 0 Å². The van der Waals surface area contributed by atoms with E-state index < -0.39 is 11.9 Å². The first-order chi connectivity index (χ1) is 14.6. The summed E-state index contributed by atoms with van der Waals surface area (Å²) in [6.45, 7) is 0. The van der Waals surface area contributed by atoms with Crippen LogP contribution in [-0.2, 0) is 0 Å². The highest BCUT2D eigenvalue weighted by atomic mass is 32.1. The first-order valence-corrected chi connectivity index (χ1v) is 10.1. The Morgan fingerprint density at radius 3 is 2.37 bits per heavy atom. The van der Waals surface area contributed by atoms with Gasteiger partial charge in [0.2, 0.25) is 0 Å². The maximum Gasteiger partial charge on any atom is 0.339 e. The van der Waals surface area contributed by atoms with E-state index in [1.807, 2.05) is 60.7 Å². The van der Waals surface area contributed by atoms with E-state index in [0.29, 0.717) is 10.5 Å². The Bertz CT molecular complexity index is 1400. The van der Waals surface area contributed by atoms with Gasteiger partial charge in [0.05, 0.1) is 10.6 Å². The van der Waals surface area contributed by atoms with Gasteiger partial charge in [-0.3, -0.25) is 4.79 Å². The summed E-state index contributed by atoms with van der Waals surface area (Å²) in [5.41, 5.74) is 1.71. The molecule has 2 aromatic heterocycles. The second kappa shape index (κ2) is 7.17. The van der Waals surface area contributed by atoms with Gasteiger partial charge in [0.25, 0.3) is 5.91 Å². The molecule has 30 heavy (non-hydrogen) atoms. The predicted octanol–water partition coefficient (Wildman–Crippen LogP) is 6.27. The Morgan fingerprint density at radius 1 is 0.867 bits per heavy atom. The first kappa shape index (κ1) is 18.1. The van der Waals surface area contributed by atoms with E-state index in [9.17, 15) is 14.7 Å². The molecule has 0 fully saturated rings. The van der Waals surface area contributed by atoms with Crippen molar-refractivity contribution in [1.82, 2.24) is 0 Å². The van der Waals surface area contributed by atoms with Crippen LogP contribution in [0.5, 0.6) is 0 Å². The third-order valence-corrected chi connectivity index (χ3v) is 5.94. The second-order valence-corrected chi connectivity index (χ2v) is 7.70. The van der Waals surface area contributed by atoms with Gasteiger partial charge in [0.1, 0.15) is 11.1 Å². The number of para-hydroxylation sites is 1. The Kier molecular flexibility index (Phi) is 4.34. The lowest BCUT2D eigenvalue weighted by Gasteiger charge is -2.06. The zero-order chi connectivity index (χ0) is 20.7. The molecule has 5 aromatic rings. The zero-order valence-electron chi connectivity index (χ0n) is 15.6. The van der Waals surface area contributed by atoms with Gasteiger partial charge in [-0.05, 0) is 34.5 Å². The fourth-order valence-corrected chi connectivity index (χ4v) is 4.47. The van der Waals surface area contributed by atoms with Gasteiger partial charge in [-0.25, -0.2) is 4.79 Å². The highest BCUT2D eigenvalue weighted by Crippen LogP contribution is 2.37. The number of anilines is 1. The van der Waals surface area contributed by atoms with E-state index in [-0.39, 0.29) is 17.0 Å². The number of benzene rings is 3. The molecule has 5 nitrogen and oxygen atoms in total. The number of hydrogen-bond donors (Lipinski definition) is 2. The average Bonchev–Trinajstić information content (AvgIpc) is 3.37. The molecule has 2 heterocycles. The van der Waals surface area contributed by atoms with E-state index in [4.69, 9.17) is 4.42 Å². The lowest BCUT2D eigenvalue weighted by Crippen LogP contribution is -2.13. The summed E-state index contributed by atoms with van der Waals surface area (Å²) in [6.07, 6.45) is 0. The van der Waals surface area contributed by atoms with Gasteiger partial charge in [-0.2, -0.15) is 0 Å². The van der Waals surface area contributed by atoms with Crippen molar-refractivity contribution in [2.24, 2.45) is 0 Å². The largest absolute Gasteiger partial charge is 0.478 e. The van der Waals surface area contributed by atoms with E-state index in [2.05, 4.69) is 5.32 Å². The Balaban J connectivity index is 1.52. The maximum atomic E-state index is 12.7. The molecule has 0 atom stereocenters. The highest BCUT2D eigenvalue weighted by Gasteiger charge is 2.22. The molecule has 0 spiro atoms. The number of carbonyl (C=O) groups excluding carboxylic acids is 1. The molecule has 1 amide bonds. The molecular formula is C24H15NO4S. The minimum absolute atomic E-state index is 0.0692. The molecule has 0 saturated carbocycles. The molecule has 0 aliphatic rings. The van der Waals surface area contributed by atoms with Gasteiger partial charge < -0.3 is 14.8 Å². The monoisotopic (exact) mass is 413 g/mol. The lowest BCUT2D eigenvalue weighted by atomic mass is 10.0. The second-order valence-electron chi connectivity index (χ2n) is 6.82. The van der Waals surface area contributed by atoms with E-state index >= 15 is 0 Å². The number of carboxylic acids is 1. The number of nitrogens with one attached hydrogen (secondary N) is 1. The smallest absolute Gasteiger partial charge is 0.339 e. The predicted molar refractivity (Wildman–Crippen MR) is 118 cm³/mol. The topological polar surface area (TPSA) is 79.5 Å². The number of hydrogen-bond acceptors (Lipinski definition) is 4. The van der Waals surface area contributed by atoms with Crippen LogP contribution in [0.4, 0.5) is 5.69 Å². The number of amides is 1. The van der Waals surface area contributed by atoms with E-state index in [1.165, 1.54) is 11.3 Å². The van der Waals surface area contributed by atoms with Crippen molar-refractivity contribution in [3.05, 3.63) is 89.5 Å². The number of fused-ring (bicyclic) bond motifs is 2. The van der Waals surface area contributed by atoms with Crippen LogP contribution in [-0.4, -0.2) is 17.0 Å². The van der Waals surface area contributed by atoms with Crippen LogP contribution >= 0.6 is 11.3 Å². The summed E-state index contributed by atoms with van der Waals surface area (Å²) >= 11 is 1.28. The number of aromatic carboxylic acids is 1. The summed E-state index contributed by atoms with van der Waals surface area (Å²) in [7, 11) is 0. The van der Waals surface area contributed by atoms with E-state index in [0.717, 1.165) is 21.7 Å². The average molecular weight is 413 g/mol. The SMILES string of the molecule is O=C(Nc1csc(-c2ccc3ccccc3c2)c1C(=O)O)c1cc2ccccc2o1. The van der Waals surface area contributed by atoms with Crippen molar-refractivity contribution in [2.75, 3.05) is 5.32 Å². The molecule has 0 radical (unpaired) electrons. The Morgan fingerprint density at radius 2 is 1.60 bits per heavy atom. The first-order valence-electron chi connectivity index (χ1n) is 9.24. The van der Waals surface area contributed by atoms with Crippen molar-refractivity contribution >= 4 is 50.6 Å². The Labute approximate surface area is 175 Å². The van der Waals surface area contributed by atoms with Gasteiger partial charge in [0, 0.05) is 10.8 Å². The van der Waals surface area contributed by atoms with Crippen molar-refractivity contribution in [3.8, 4) is 10.4 Å². The van der Waals surface area contributed by atoms with Crippen LogP contribution in [0, 0.1) is 0 Å². The zero-order valence-corrected chi connectivity index (χ0v) is 16.4. The number of thiophene rings is 1. The van der Waals surface area contributed by atoms with Crippen LogP contribution in [0.25, 0.3) is 32.2 Å². The lowest BCUT2D eigenvalue weighted by molar-refractivity contribution is 0.0699. The maximum absolute atomic E-state index is 12.7. The molecule has 0 unspecified atom stereocenters. The standard InChI is InChI=1S/C24H15NO4S/c26-23(20-12-16-7-3-4-8-19(16)29-20)25-18-13-30-22(21(18)24(27)28)17-10-9-14-5-1-2-6-15(14)11-17/h1-13H,(H,25,26)(H,27,28). The molecule has 0 bridgehead atoms. The van der Waals surface area contributed by atoms with Crippen LogP contribution < -0.4 is 5.32 Å². The van der Waals surface area contributed by atoms with Crippen molar-refractivity contribution in [2.45, 2.75) is 0 Å². The highest BCUT2D eigenvalue weighted by molar-refractivity contribution is 7.14. The van der Waals surface area contributed by atoms with Gasteiger partial charge in [0.15, 0.2) is 5.76 Å². The van der Waals surface area contributed by atoms with Crippen molar-refractivity contribution in [1.29, 1.82) is 0 Å². The summed E-state index contributed by atoms with van der Waals surface area (Å²) in [5, 5.41) is 17.1. The number of rotatable bonds is 4. The fourth-order valence-electron chi connectivity index (χ4n) is 3.48. The van der Waals surface area contributed by atoms with Gasteiger partial charge in [-0.1, -0.05) is 54.6 Å². The summed E-state index contributed by atoms with van der Waals surface area (Å²) in [6, 6.07) is 22.6. The molecule has 0 aliphatic carbocycles. The van der Waals surface area contributed by atoms with Crippen LogP contribution in [0.15, 0.2) is 82.6 Å². The molecule has 146 valence electrons. The molecule has 3 aromatic carbocycles. The molecule has 5 rings (SSSR count). The number of carboxylic acid groups (broad SMARTS) is 1. The van der Waals surface area contributed by atoms with Crippen LogP contribution in [0.2, 0.25) is 0 Å². The van der Waals surface area contributed by atoms with Gasteiger partial charge >= 0.3 is 5.97 Å². The van der Waals surface area contributed by atoms with Crippen LogP contribution in [0.1, 0.15) is 20.9 Å². The Hall–Kier alpha value is -3.90. The minimum Gasteiger partial charge on any atom is -0.478 e. The molecule has 2 N–H and O–H groups in total. The quantitative estimate of drug-likeness (QED) is 0.364. The number of furan rings is 1. The van der Waals surface area contributed by atoms with E-state index in [1.54, 1.807) is 17.5 Å². The normalized spacial score (nSPS) is 11.1. The molecular weight excluding hydrogens is 398 g/mol. The molecule has 0 aliphatic heterocycles. The summed E-state index contributed by atoms with van der Waals surface area (Å²) in [4.78, 5) is 25.3. The number of carbonyl (C=O) groups is 2. The molecule has 6 heteroatoms. The summed E-state index contributed by atoms with van der Waals surface area (Å²) in [5.74, 6) is -1.46. The fraction of sp³-hybridized carbons (Fsp3) is 0. The third kappa shape index (κ3) is 3.13. The molecule has 0 saturated heterocycles. The van der Waals surface area contributed by atoms with Crippen molar-refractivity contribution < 1.29 is 19.1 Å². The third-order valence-electron chi connectivity index (χ3n) is 4.91. The minimum atomic E-state index is -1.10.